The molecule has 6 heteroatoms. The zero-order chi connectivity index (χ0) is 13.8. The zero-order valence-electron chi connectivity index (χ0n) is 10.6. The van der Waals surface area contributed by atoms with E-state index in [1.165, 1.54) is 12.1 Å². The highest BCUT2D eigenvalue weighted by atomic mass is 35.5. The first-order valence-electron chi connectivity index (χ1n) is 5.79. The second-order valence-corrected chi connectivity index (χ2v) is 4.23. The first kappa shape index (κ1) is 13.5. The van der Waals surface area contributed by atoms with Crippen molar-refractivity contribution in [2.24, 2.45) is 0 Å². The van der Waals surface area contributed by atoms with E-state index in [4.69, 9.17) is 16.3 Å². The fraction of sp³-hybridized carbons (Fsp3) is 0.231. The van der Waals surface area contributed by atoms with Gasteiger partial charge in [0.2, 0.25) is 5.88 Å². The van der Waals surface area contributed by atoms with Crippen LogP contribution in [-0.2, 0) is 0 Å². The minimum Gasteiger partial charge on any atom is -0.478 e. The Bertz CT molecular complexity index is 592. The van der Waals surface area contributed by atoms with E-state index in [-0.39, 0.29) is 5.02 Å². The lowest BCUT2D eigenvalue weighted by molar-refractivity contribution is 0.325. The van der Waals surface area contributed by atoms with E-state index in [1.54, 1.807) is 19.1 Å². The van der Waals surface area contributed by atoms with Crippen molar-refractivity contribution in [3.8, 4) is 5.88 Å². The highest BCUT2D eigenvalue weighted by Gasteiger charge is 2.05. The molecule has 1 aromatic carbocycles. The van der Waals surface area contributed by atoms with E-state index in [0.29, 0.717) is 29.8 Å². The third kappa shape index (κ3) is 3.54. The van der Waals surface area contributed by atoms with Gasteiger partial charge in [-0.1, -0.05) is 11.6 Å². The summed E-state index contributed by atoms with van der Waals surface area (Å²) in [6, 6.07) is 6.05. The van der Waals surface area contributed by atoms with Crippen molar-refractivity contribution in [2.75, 3.05) is 11.9 Å². The molecule has 4 nitrogen and oxygen atoms in total. The van der Waals surface area contributed by atoms with E-state index < -0.39 is 5.82 Å². The maximum Gasteiger partial charge on any atom is 0.218 e. The third-order valence-electron chi connectivity index (χ3n) is 2.30. The van der Waals surface area contributed by atoms with Gasteiger partial charge in [-0.2, -0.15) is 4.98 Å². The fourth-order valence-electron chi connectivity index (χ4n) is 1.55. The van der Waals surface area contributed by atoms with Crippen LogP contribution >= 0.6 is 11.6 Å². The molecule has 0 saturated carbocycles. The van der Waals surface area contributed by atoms with Crippen molar-refractivity contribution in [1.29, 1.82) is 0 Å². The molecule has 0 aliphatic carbocycles. The molecule has 0 fully saturated rings. The molecule has 100 valence electrons. The topological polar surface area (TPSA) is 47.0 Å². The first-order valence-corrected chi connectivity index (χ1v) is 6.17. The Hall–Kier alpha value is -1.88. The van der Waals surface area contributed by atoms with Crippen LogP contribution in [0.2, 0.25) is 5.02 Å². The Balaban J connectivity index is 2.24. The van der Waals surface area contributed by atoms with Crippen LogP contribution in [0.3, 0.4) is 0 Å². The van der Waals surface area contributed by atoms with Gasteiger partial charge in [0.25, 0.3) is 0 Å². The molecule has 1 heterocycles. The zero-order valence-corrected chi connectivity index (χ0v) is 11.3. The standard InChI is InChI=1S/C13H13ClFN3O/c1-3-19-13-7-12(16-8(2)17-13)18-9-4-5-11(15)10(14)6-9/h4-7H,3H2,1-2H3,(H,16,17,18). The third-order valence-corrected chi connectivity index (χ3v) is 2.59. The second kappa shape index (κ2) is 5.84. The molecule has 1 N–H and O–H groups in total. The quantitative estimate of drug-likeness (QED) is 0.928. The predicted octanol–water partition coefficient (Wildman–Crippen LogP) is 3.72. The number of aromatic nitrogens is 2. The molecular weight excluding hydrogens is 269 g/mol. The van der Waals surface area contributed by atoms with Crippen molar-refractivity contribution in [2.45, 2.75) is 13.8 Å². The number of benzene rings is 1. The lowest BCUT2D eigenvalue weighted by atomic mass is 10.3. The molecule has 19 heavy (non-hydrogen) atoms. The average molecular weight is 282 g/mol. The summed E-state index contributed by atoms with van der Waals surface area (Å²) < 4.78 is 18.4. The lowest BCUT2D eigenvalue weighted by Crippen LogP contribution is -2.01. The van der Waals surface area contributed by atoms with Crippen LogP contribution in [0.5, 0.6) is 5.88 Å². The number of nitrogens with zero attached hydrogens (tertiary/aromatic N) is 2. The van der Waals surface area contributed by atoms with Gasteiger partial charge < -0.3 is 10.1 Å². The summed E-state index contributed by atoms with van der Waals surface area (Å²) >= 11 is 5.72. The molecule has 2 aromatic rings. The molecule has 0 bridgehead atoms. The molecule has 0 aliphatic rings. The van der Waals surface area contributed by atoms with Gasteiger partial charge in [0.05, 0.1) is 11.6 Å². The van der Waals surface area contributed by atoms with Crippen LogP contribution in [-0.4, -0.2) is 16.6 Å². The smallest absolute Gasteiger partial charge is 0.218 e. The minimum atomic E-state index is -0.457. The monoisotopic (exact) mass is 281 g/mol. The van der Waals surface area contributed by atoms with E-state index >= 15 is 0 Å². The van der Waals surface area contributed by atoms with Crippen molar-refractivity contribution in [3.63, 3.8) is 0 Å². The van der Waals surface area contributed by atoms with Crippen molar-refractivity contribution in [1.82, 2.24) is 9.97 Å². The normalized spacial score (nSPS) is 10.3. The number of hydrogen-bond acceptors (Lipinski definition) is 4. The van der Waals surface area contributed by atoms with E-state index in [0.717, 1.165) is 0 Å². The number of nitrogens with one attached hydrogen (secondary N) is 1. The number of anilines is 2. The molecule has 0 saturated heterocycles. The van der Waals surface area contributed by atoms with Crippen LogP contribution in [0.1, 0.15) is 12.7 Å². The lowest BCUT2D eigenvalue weighted by Gasteiger charge is -2.09. The van der Waals surface area contributed by atoms with Crippen molar-refractivity contribution < 1.29 is 9.13 Å². The predicted molar refractivity (Wildman–Crippen MR) is 72.6 cm³/mol. The average Bonchev–Trinajstić information content (AvgIpc) is 2.33. The SMILES string of the molecule is CCOc1cc(Nc2ccc(F)c(Cl)c2)nc(C)n1. The van der Waals surface area contributed by atoms with Gasteiger partial charge in [-0.25, -0.2) is 9.37 Å². The number of ether oxygens (including phenoxy) is 1. The van der Waals surface area contributed by atoms with Crippen LogP contribution in [0.4, 0.5) is 15.9 Å². The van der Waals surface area contributed by atoms with Crippen molar-refractivity contribution in [3.05, 3.63) is 40.9 Å². The molecular formula is C13H13ClFN3O. The van der Waals surface area contributed by atoms with Gasteiger partial charge in [0.15, 0.2) is 0 Å². The van der Waals surface area contributed by atoms with Gasteiger partial charge in [0, 0.05) is 11.8 Å². The van der Waals surface area contributed by atoms with Gasteiger partial charge in [0.1, 0.15) is 17.5 Å². The summed E-state index contributed by atoms with van der Waals surface area (Å²) in [4.78, 5) is 8.36. The molecule has 0 unspecified atom stereocenters. The van der Waals surface area contributed by atoms with Crippen LogP contribution in [0.25, 0.3) is 0 Å². The molecule has 0 radical (unpaired) electrons. The van der Waals surface area contributed by atoms with Gasteiger partial charge in [-0.3, -0.25) is 0 Å². The molecule has 0 spiro atoms. The Labute approximate surface area is 115 Å². The van der Waals surface area contributed by atoms with Gasteiger partial charge in [-0.05, 0) is 32.0 Å². The largest absolute Gasteiger partial charge is 0.478 e. The number of halogens is 2. The van der Waals surface area contributed by atoms with Crippen LogP contribution in [0.15, 0.2) is 24.3 Å². The Kier molecular flexibility index (Phi) is 4.16. The summed E-state index contributed by atoms with van der Waals surface area (Å²) in [6.45, 7) is 4.17. The summed E-state index contributed by atoms with van der Waals surface area (Å²) in [7, 11) is 0. The summed E-state index contributed by atoms with van der Waals surface area (Å²) in [5.74, 6) is 1.19. The van der Waals surface area contributed by atoms with E-state index in [9.17, 15) is 4.39 Å². The number of rotatable bonds is 4. The highest BCUT2D eigenvalue weighted by molar-refractivity contribution is 6.31. The minimum absolute atomic E-state index is 0.0563. The number of hydrogen-bond donors (Lipinski definition) is 1. The Morgan fingerprint density at radius 2 is 2.11 bits per heavy atom. The van der Waals surface area contributed by atoms with Gasteiger partial charge >= 0.3 is 0 Å². The summed E-state index contributed by atoms with van der Waals surface area (Å²) in [5, 5.41) is 3.09. The molecule has 0 atom stereocenters. The molecule has 2 rings (SSSR count). The maximum absolute atomic E-state index is 13.1. The maximum atomic E-state index is 13.1. The van der Waals surface area contributed by atoms with Crippen LogP contribution < -0.4 is 10.1 Å². The highest BCUT2D eigenvalue weighted by Crippen LogP contribution is 2.23. The number of aryl methyl sites for hydroxylation is 1. The molecule has 0 amide bonds. The molecule has 0 aliphatic heterocycles. The summed E-state index contributed by atoms with van der Waals surface area (Å²) in [5.41, 5.74) is 0.645. The Morgan fingerprint density at radius 1 is 1.32 bits per heavy atom. The van der Waals surface area contributed by atoms with Gasteiger partial charge in [-0.15, -0.1) is 0 Å². The summed E-state index contributed by atoms with van der Waals surface area (Å²) in [6.07, 6.45) is 0. The van der Waals surface area contributed by atoms with Crippen LogP contribution in [0, 0.1) is 12.7 Å². The first-order chi connectivity index (χ1) is 9.08. The Morgan fingerprint density at radius 3 is 2.79 bits per heavy atom. The second-order valence-electron chi connectivity index (χ2n) is 3.83. The fourth-order valence-corrected chi connectivity index (χ4v) is 1.73. The van der Waals surface area contributed by atoms with Crippen molar-refractivity contribution >= 4 is 23.1 Å². The van der Waals surface area contributed by atoms with E-state index in [1.807, 2.05) is 6.92 Å². The van der Waals surface area contributed by atoms with E-state index in [2.05, 4.69) is 15.3 Å². The molecule has 1 aromatic heterocycles.